The number of hydrogen-bond donors (Lipinski definition) is 0. The van der Waals surface area contributed by atoms with Crippen LogP contribution in [0.2, 0.25) is 0 Å². The first-order chi connectivity index (χ1) is 22.8. The van der Waals surface area contributed by atoms with Gasteiger partial charge >= 0.3 is 0 Å². The van der Waals surface area contributed by atoms with Crippen LogP contribution in [0, 0.1) is 0 Å². The summed E-state index contributed by atoms with van der Waals surface area (Å²) in [6.07, 6.45) is 1.84. The first kappa shape index (κ1) is 26.2. The van der Waals surface area contributed by atoms with Crippen LogP contribution in [0.15, 0.2) is 174 Å². The number of aromatic nitrogens is 1. The highest BCUT2D eigenvalue weighted by atomic mass is 16.3. The molecule has 0 spiro atoms. The topological polar surface area (TPSA) is 29.3 Å². The number of pyridine rings is 1. The Morgan fingerprint density at radius 2 is 1.15 bits per heavy atom. The second-order valence-corrected chi connectivity index (χ2v) is 11.6. The van der Waals surface area contributed by atoms with Gasteiger partial charge in [0, 0.05) is 39.4 Å². The summed E-state index contributed by atoms with van der Waals surface area (Å²) in [7, 11) is 0. The van der Waals surface area contributed by atoms with Gasteiger partial charge in [0.1, 0.15) is 11.2 Å². The van der Waals surface area contributed by atoms with Gasteiger partial charge in [0.15, 0.2) is 0 Å². The molecule has 2 heterocycles. The van der Waals surface area contributed by atoms with E-state index in [0.717, 1.165) is 49.9 Å². The minimum Gasteiger partial charge on any atom is -0.456 e. The quantitative estimate of drug-likeness (QED) is 0.200. The highest BCUT2D eigenvalue weighted by Gasteiger charge is 2.18. The number of fused-ring (bicyclic) bond motifs is 6. The largest absolute Gasteiger partial charge is 0.456 e. The summed E-state index contributed by atoms with van der Waals surface area (Å²) in [6.45, 7) is 0. The number of benzene rings is 7. The van der Waals surface area contributed by atoms with Gasteiger partial charge in [-0.1, -0.05) is 103 Å². The van der Waals surface area contributed by atoms with Crippen LogP contribution in [-0.4, -0.2) is 4.98 Å². The van der Waals surface area contributed by atoms with Crippen molar-refractivity contribution in [1.29, 1.82) is 0 Å². The van der Waals surface area contributed by atoms with Crippen LogP contribution in [-0.2, 0) is 0 Å². The fraction of sp³-hybridized carbons (Fsp3) is 0. The van der Waals surface area contributed by atoms with E-state index in [9.17, 15) is 0 Å². The van der Waals surface area contributed by atoms with E-state index in [1.165, 1.54) is 33.0 Å². The lowest BCUT2D eigenvalue weighted by Gasteiger charge is -2.26. The maximum atomic E-state index is 6.34. The lowest BCUT2D eigenvalue weighted by atomic mass is 9.98. The molecular weight excluding hydrogens is 560 g/mol. The van der Waals surface area contributed by atoms with E-state index in [0.29, 0.717) is 0 Å². The van der Waals surface area contributed by atoms with E-state index in [-0.39, 0.29) is 0 Å². The molecule has 0 saturated heterocycles. The average Bonchev–Trinajstić information content (AvgIpc) is 3.51. The lowest BCUT2D eigenvalue weighted by Crippen LogP contribution is -2.10. The van der Waals surface area contributed by atoms with E-state index in [1.807, 2.05) is 24.4 Å². The molecule has 0 saturated carbocycles. The van der Waals surface area contributed by atoms with E-state index in [2.05, 4.69) is 155 Å². The molecule has 7 aromatic carbocycles. The van der Waals surface area contributed by atoms with Gasteiger partial charge in [-0.25, -0.2) is 0 Å². The summed E-state index contributed by atoms with van der Waals surface area (Å²) < 4.78 is 6.34. The highest BCUT2D eigenvalue weighted by Crippen LogP contribution is 2.42. The third kappa shape index (κ3) is 4.41. The van der Waals surface area contributed by atoms with Crippen molar-refractivity contribution in [2.45, 2.75) is 0 Å². The predicted molar refractivity (Wildman–Crippen MR) is 192 cm³/mol. The molecule has 0 amide bonds. The Bertz CT molecular complexity index is 2530. The SMILES string of the molecule is c1ccc(-c2cccc(N(c3ccc(-c4cccc5ccccc45)cc3)c3ccc4oc5ccc6ncccc6c5c4c3)c2)cc1. The van der Waals surface area contributed by atoms with E-state index in [4.69, 9.17) is 4.42 Å². The van der Waals surface area contributed by atoms with Gasteiger partial charge in [0.25, 0.3) is 0 Å². The van der Waals surface area contributed by atoms with Crippen LogP contribution >= 0.6 is 0 Å². The fourth-order valence-electron chi connectivity index (χ4n) is 6.72. The first-order valence-corrected chi connectivity index (χ1v) is 15.5. The van der Waals surface area contributed by atoms with Crippen molar-refractivity contribution in [2.75, 3.05) is 4.90 Å². The summed E-state index contributed by atoms with van der Waals surface area (Å²) in [5.74, 6) is 0. The Morgan fingerprint density at radius 3 is 2.07 bits per heavy atom. The van der Waals surface area contributed by atoms with Crippen LogP contribution in [0.1, 0.15) is 0 Å². The maximum Gasteiger partial charge on any atom is 0.136 e. The normalized spacial score (nSPS) is 11.5. The molecule has 9 aromatic rings. The molecule has 0 aliphatic heterocycles. The zero-order valence-electron chi connectivity index (χ0n) is 25.0. The molecular formula is C43H28N2O. The van der Waals surface area contributed by atoms with Crippen molar-refractivity contribution in [3.8, 4) is 22.3 Å². The van der Waals surface area contributed by atoms with Crippen molar-refractivity contribution < 1.29 is 4.42 Å². The molecule has 0 aliphatic rings. The van der Waals surface area contributed by atoms with Crippen LogP contribution in [0.5, 0.6) is 0 Å². The number of nitrogens with zero attached hydrogens (tertiary/aromatic N) is 2. The molecule has 0 fully saturated rings. The molecule has 0 aliphatic carbocycles. The second kappa shape index (κ2) is 10.8. The van der Waals surface area contributed by atoms with Crippen LogP contribution in [0.4, 0.5) is 17.1 Å². The minimum atomic E-state index is 0.861. The smallest absolute Gasteiger partial charge is 0.136 e. The Kier molecular flexibility index (Phi) is 6.14. The molecule has 0 bridgehead atoms. The summed E-state index contributed by atoms with van der Waals surface area (Å²) >= 11 is 0. The van der Waals surface area contributed by atoms with Gasteiger partial charge in [0.05, 0.1) is 5.52 Å². The number of anilines is 3. The summed E-state index contributed by atoms with van der Waals surface area (Å²) in [5.41, 5.74) is 10.7. The molecule has 0 radical (unpaired) electrons. The Hall–Kier alpha value is -6.19. The Balaban J connectivity index is 1.23. The molecule has 46 heavy (non-hydrogen) atoms. The summed E-state index contributed by atoms with van der Waals surface area (Å²) in [6, 6.07) is 58.0. The van der Waals surface area contributed by atoms with Crippen molar-refractivity contribution in [2.24, 2.45) is 0 Å². The third-order valence-electron chi connectivity index (χ3n) is 8.90. The standard InChI is InChI=1S/C43H28N2O/c1-2-9-29(10-3-1)32-13-6-14-34(27-32)45(33-20-18-31(19-21-33)37-16-7-12-30-11-4-5-15-36(30)37)35-22-24-41-39(28-35)43-38-17-8-26-44-40(38)23-25-42(43)46-41/h1-28H. The van der Waals surface area contributed by atoms with Crippen molar-refractivity contribution in [1.82, 2.24) is 4.98 Å². The summed E-state index contributed by atoms with van der Waals surface area (Å²) in [5, 5.41) is 5.75. The molecule has 216 valence electrons. The van der Waals surface area contributed by atoms with Gasteiger partial charge in [0.2, 0.25) is 0 Å². The molecule has 3 heteroatoms. The molecule has 0 N–H and O–H groups in total. The molecule has 0 atom stereocenters. The Labute approximate surface area is 266 Å². The van der Waals surface area contributed by atoms with Crippen molar-refractivity contribution >= 4 is 60.7 Å². The maximum absolute atomic E-state index is 6.34. The van der Waals surface area contributed by atoms with E-state index in [1.54, 1.807) is 0 Å². The van der Waals surface area contributed by atoms with Gasteiger partial charge in [-0.05, 0) is 93.7 Å². The fourth-order valence-corrected chi connectivity index (χ4v) is 6.72. The van der Waals surface area contributed by atoms with Crippen LogP contribution in [0.3, 0.4) is 0 Å². The zero-order chi connectivity index (χ0) is 30.5. The van der Waals surface area contributed by atoms with Gasteiger partial charge in [-0.2, -0.15) is 0 Å². The molecule has 2 aromatic heterocycles. The first-order valence-electron chi connectivity index (χ1n) is 15.5. The van der Waals surface area contributed by atoms with Crippen LogP contribution in [0.25, 0.3) is 65.9 Å². The minimum absolute atomic E-state index is 0.861. The van der Waals surface area contributed by atoms with Crippen molar-refractivity contribution in [3.63, 3.8) is 0 Å². The highest BCUT2D eigenvalue weighted by molar-refractivity contribution is 6.18. The molecule has 9 rings (SSSR count). The number of rotatable bonds is 5. The summed E-state index contributed by atoms with van der Waals surface area (Å²) in [4.78, 5) is 6.94. The average molecular weight is 589 g/mol. The monoisotopic (exact) mass is 588 g/mol. The zero-order valence-corrected chi connectivity index (χ0v) is 25.0. The van der Waals surface area contributed by atoms with Crippen LogP contribution < -0.4 is 4.90 Å². The molecule has 3 nitrogen and oxygen atoms in total. The third-order valence-corrected chi connectivity index (χ3v) is 8.90. The van der Waals surface area contributed by atoms with Gasteiger partial charge in [-0.3, -0.25) is 4.98 Å². The number of furan rings is 1. The number of hydrogen-bond acceptors (Lipinski definition) is 3. The van der Waals surface area contributed by atoms with E-state index >= 15 is 0 Å². The van der Waals surface area contributed by atoms with Gasteiger partial charge in [-0.15, -0.1) is 0 Å². The van der Waals surface area contributed by atoms with E-state index < -0.39 is 0 Å². The lowest BCUT2D eigenvalue weighted by molar-refractivity contribution is 0.669. The predicted octanol–water partition coefficient (Wildman–Crippen LogP) is 12.1. The van der Waals surface area contributed by atoms with Gasteiger partial charge < -0.3 is 9.32 Å². The van der Waals surface area contributed by atoms with Crippen molar-refractivity contribution in [3.05, 3.63) is 170 Å². The second-order valence-electron chi connectivity index (χ2n) is 11.6. The molecule has 0 unspecified atom stereocenters. The Morgan fingerprint density at radius 1 is 0.435 bits per heavy atom.